The molecule has 0 saturated carbocycles. The summed E-state index contributed by atoms with van der Waals surface area (Å²) in [7, 11) is -4.36. The van der Waals surface area contributed by atoms with E-state index in [1.807, 2.05) is 18.6 Å². The Balaban J connectivity index is 0.907. The predicted molar refractivity (Wildman–Crippen MR) is 202 cm³/mol. The van der Waals surface area contributed by atoms with Gasteiger partial charge in [-0.1, -0.05) is 19.0 Å². The molecule has 0 bridgehead atoms. The van der Waals surface area contributed by atoms with Crippen LogP contribution in [0, 0.1) is 17.6 Å². The van der Waals surface area contributed by atoms with E-state index in [4.69, 9.17) is 4.52 Å². The largest absolute Gasteiger partial charge is 0.481 e. The highest BCUT2D eigenvalue weighted by Crippen LogP contribution is 2.33. The van der Waals surface area contributed by atoms with Gasteiger partial charge in [-0.25, -0.2) is 28.1 Å². The van der Waals surface area contributed by atoms with Crippen molar-refractivity contribution < 1.29 is 40.8 Å². The van der Waals surface area contributed by atoms with Gasteiger partial charge < -0.3 is 24.4 Å². The Bertz CT molecular complexity index is 2430. The van der Waals surface area contributed by atoms with Gasteiger partial charge in [0.25, 0.3) is 0 Å². The van der Waals surface area contributed by atoms with E-state index >= 15 is 8.78 Å². The lowest BCUT2D eigenvalue weighted by Crippen LogP contribution is -2.63. The number of piperazine rings is 1. The first-order valence-corrected chi connectivity index (χ1v) is 19.9. The van der Waals surface area contributed by atoms with Crippen LogP contribution in [0.25, 0.3) is 22.2 Å². The molecule has 0 radical (unpaired) electrons. The highest BCUT2D eigenvalue weighted by molar-refractivity contribution is 7.90. The van der Waals surface area contributed by atoms with Crippen LogP contribution in [0.5, 0.6) is 0 Å². The Hall–Kier alpha value is -5.60. The molecule has 0 amide bonds. The van der Waals surface area contributed by atoms with Crippen molar-refractivity contribution in [1.82, 2.24) is 34.3 Å². The van der Waals surface area contributed by atoms with Crippen molar-refractivity contribution >= 4 is 50.4 Å². The Morgan fingerprint density at radius 2 is 1.68 bits per heavy atom. The summed E-state index contributed by atoms with van der Waals surface area (Å²) in [6.07, 6.45) is 4.74. The van der Waals surface area contributed by atoms with Crippen LogP contribution in [0.4, 0.5) is 30.6 Å². The molecule has 2 atom stereocenters. The lowest BCUT2D eigenvalue weighted by molar-refractivity contribution is -0.140. The number of ketones is 1. The van der Waals surface area contributed by atoms with Crippen molar-refractivity contribution in [1.29, 1.82) is 0 Å². The topological polar surface area (TPSA) is 194 Å². The first kappa shape index (κ1) is 38.3. The van der Waals surface area contributed by atoms with Gasteiger partial charge in [0, 0.05) is 111 Å². The van der Waals surface area contributed by atoms with Crippen LogP contribution in [0.3, 0.4) is 0 Å². The fraction of sp³-hybridized carbons (Fsp3) is 0.405. The van der Waals surface area contributed by atoms with Crippen molar-refractivity contribution in [2.45, 2.75) is 38.4 Å². The zero-order valence-corrected chi connectivity index (χ0v) is 31.7. The zero-order valence-electron chi connectivity index (χ0n) is 30.9. The Labute approximate surface area is 324 Å². The molecule has 16 nitrogen and oxygen atoms in total. The molecule has 7 heterocycles. The maximum Gasteiger partial charge on any atom is 0.314 e. The third kappa shape index (κ3) is 7.39. The number of carbonyl (C=O) groups is 2. The number of aromatic amines is 1. The molecule has 1 unspecified atom stereocenters. The van der Waals surface area contributed by atoms with Crippen LogP contribution in [0.2, 0.25) is 0 Å². The summed E-state index contributed by atoms with van der Waals surface area (Å²) < 4.78 is 78.1. The van der Waals surface area contributed by atoms with Crippen molar-refractivity contribution in [2.75, 3.05) is 66.9 Å². The van der Waals surface area contributed by atoms with Gasteiger partial charge in [0.05, 0.1) is 11.3 Å². The number of H-pyrrole nitrogens is 1. The highest BCUT2D eigenvalue weighted by Gasteiger charge is 2.37. The number of nitrogens with one attached hydrogen (secondary N) is 2. The first-order valence-electron chi connectivity index (χ1n) is 18.4. The molecule has 3 saturated heterocycles. The summed E-state index contributed by atoms with van der Waals surface area (Å²) in [5.74, 6) is -3.91. The Morgan fingerprint density at radius 3 is 2.35 bits per heavy atom. The fourth-order valence-electron chi connectivity index (χ4n) is 7.54. The van der Waals surface area contributed by atoms with Crippen LogP contribution in [0.15, 0.2) is 53.6 Å². The lowest BCUT2D eigenvalue weighted by Gasteiger charge is -2.48. The molecule has 300 valence electrons. The number of pyridine rings is 1. The number of alkyl halides is 1. The van der Waals surface area contributed by atoms with Crippen molar-refractivity contribution in [3.63, 3.8) is 0 Å². The molecule has 3 fully saturated rings. The fourth-order valence-corrected chi connectivity index (χ4v) is 8.81. The molecular formula is C37H39F3N10O6S. The van der Waals surface area contributed by atoms with Crippen LogP contribution in [-0.4, -0.2) is 124 Å². The minimum absolute atomic E-state index is 0.00414. The standard InChI is InChI=1S/C37H39F3N10O6S/c1-20(2)31(36(52)53)29-12-30(45-56-29)49-18-24(19-49)47-7-9-48(10-8-47)37-43-14-22(15-44-37)21-11-25-26(16-42-35(25)41-13-21)34(51)32-27(39)3-4-28(33(32)40)46-57(54,55)50-6-5-23(38)17-50/h3-4,11-16,20,23-24,31,46H,5-10,17-19H2,1-2H3,(H,41,42)(H,52,53)/t23-,31?/m1/s1. The Kier molecular flexibility index (Phi) is 10.1. The van der Waals surface area contributed by atoms with E-state index in [2.05, 4.69) is 39.8 Å². The van der Waals surface area contributed by atoms with Gasteiger partial charge >= 0.3 is 16.2 Å². The number of benzene rings is 1. The van der Waals surface area contributed by atoms with Gasteiger partial charge in [-0.2, -0.15) is 12.7 Å². The first-order chi connectivity index (χ1) is 27.3. The second-order valence-corrected chi connectivity index (χ2v) is 16.5. The molecule has 3 aliphatic rings. The number of nitrogens with zero attached hydrogens (tertiary/aromatic N) is 8. The van der Waals surface area contributed by atoms with Crippen LogP contribution in [0.1, 0.15) is 47.9 Å². The van der Waals surface area contributed by atoms with E-state index < -0.39 is 63.5 Å². The number of carbonyl (C=O) groups excluding carboxylic acids is 1. The number of hydrogen-bond donors (Lipinski definition) is 3. The van der Waals surface area contributed by atoms with E-state index in [-0.39, 0.29) is 35.5 Å². The average Bonchev–Trinajstić information content (AvgIpc) is 3.93. The number of fused-ring (bicyclic) bond motifs is 1. The third-order valence-corrected chi connectivity index (χ3v) is 12.3. The molecule has 3 aliphatic heterocycles. The summed E-state index contributed by atoms with van der Waals surface area (Å²) in [6, 6.07) is 5.33. The molecular weight excluding hydrogens is 770 g/mol. The van der Waals surface area contributed by atoms with Gasteiger partial charge in [-0.3, -0.25) is 19.2 Å². The maximum atomic E-state index is 15.7. The zero-order chi connectivity index (χ0) is 40.2. The number of aliphatic carboxylic acids is 1. The number of carboxylic acids is 1. The average molecular weight is 809 g/mol. The third-order valence-electron chi connectivity index (χ3n) is 10.8. The van der Waals surface area contributed by atoms with Gasteiger partial charge in [0.2, 0.25) is 11.7 Å². The van der Waals surface area contributed by atoms with Gasteiger partial charge in [0.15, 0.2) is 17.4 Å². The van der Waals surface area contributed by atoms with Crippen molar-refractivity contribution in [3.8, 4) is 11.1 Å². The summed E-state index contributed by atoms with van der Waals surface area (Å²) >= 11 is 0. The van der Waals surface area contributed by atoms with Crippen LogP contribution < -0.4 is 14.5 Å². The second kappa shape index (κ2) is 15.1. The monoisotopic (exact) mass is 808 g/mol. The molecule has 5 aromatic rings. The molecule has 20 heteroatoms. The predicted octanol–water partition coefficient (Wildman–Crippen LogP) is 4.05. The number of aromatic nitrogens is 5. The molecule has 3 N–H and O–H groups in total. The second-order valence-electron chi connectivity index (χ2n) is 14.8. The van der Waals surface area contributed by atoms with E-state index in [0.717, 1.165) is 42.6 Å². The van der Waals surface area contributed by atoms with Gasteiger partial charge in [-0.15, -0.1) is 0 Å². The molecule has 4 aromatic heterocycles. The van der Waals surface area contributed by atoms with Gasteiger partial charge in [0.1, 0.15) is 23.6 Å². The van der Waals surface area contributed by atoms with Gasteiger partial charge in [-0.05, 0) is 30.5 Å². The summed E-state index contributed by atoms with van der Waals surface area (Å²) in [6.45, 7) is 7.67. The molecule has 1 aromatic carbocycles. The van der Waals surface area contributed by atoms with Crippen molar-refractivity contribution in [2.24, 2.45) is 5.92 Å². The van der Waals surface area contributed by atoms with E-state index in [0.29, 0.717) is 47.8 Å². The minimum Gasteiger partial charge on any atom is -0.481 e. The number of rotatable bonds is 12. The highest BCUT2D eigenvalue weighted by atomic mass is 32.2. The lowest BCUT2D eigenvalue weighted by atomic mass is 9.93. The molecule has 8 rings (SSSR count). The van der Waals surface area contributed by atoms with Crippen LogP contribution in [-0.2, 0) is 15.0 Å². The maximum absolute atomic E-state index is 15.7. The number of halogens is 3. The minimum atomic E-state index is -4.36. The van der Waals surface area contributed by atoms with Crippen LogP contribution >= 0.6 is 0 Å². The van der Waals surface area contributed by atoms with E-state index in [9.17, 15) is 27.5 Å². The summed E-state index contributed by atoms with van der Waals surface area (Å²) in [5.41, 5.74) is -0.287. The molecule has 0 spiro atoms. The molecule has 57 heavy (non-hydrogen) atoms. The SMILES string of the molecule is CC(C)C(C(=O)O)c1cc(N2CC(N3CCN(c4ncc(-c5cnc6[nH]cc(C(=O)c7c(F)ccc(NS(=O)(=O)N8CC[C@@H](F)C8)c7F)c6c5)cn4)CC3)C2)no1. The number of hydrogen-bond acceptors (Lipinski definition) is 12. The smallest absolute Gasteiger partial charge is 0.314 e. The Morgan fingerprint density at radius 1 is 0.965 bits per heavy atom. The number of anilines is 3. The summed E-state index contributed by atoms with van der Waals surface area (Å²) in [4.78, 5) is 48.3. The normalized spacial score (nSPS) is 19.0. The summed E-state index contributed by atoms with van der Waals surface area (Å²) in [5, 5.41) is 14.0. The van der Waals surface area contributed by atoms with Crippen molar-refractivity contribution in [3.05, 3.63) is 77.6 Å². The number of carboxylic acid groups (broad SMARTS) is 1. The van der Waals surface area contributed by atoms with E-state index in [1.54, 1.807) is 30.7 Å². The van der Waals surface area contributed by atoms with E-state index in [1.165, 1.54) is 6.20 Å². The molecule has 0 aliphatic carbocycles. The quantitative estimate of drug-likeness (QED) is 0.153.